The second-order valence-corrected chi connectivity index (χ2v) is 8.40. The number of piperidine rings is 1. The van der Waals surface area contributed by atoms with Gasteiger partial charge in [0.15, 0.2) is 0 Å². The predicted octanol–water partition coefficient (Wildman–Crippen LogP) is 1.08. The largest absolute Gasteiger partial charge is 0.323 e. The van der Waals surface area contributed by atoms with Gasteiger partial charge in [-0.1, -0.05) is 6.07 Å². The lowest BCUT2D eigenvalue weighted by molar-refractivity contribution is -0.120. The van der Waals surface area contributed by atoms with Crippen molar-refractivity contribution in [3.8, 4) is 0 Å². The second kappa shape index (κ2) is 6.78. The van der Waals surface area contributed by atoms with Crippen LogP contribution in [0.1, 0.15) is 24.0 Å². The minimum atomic E-state index is -3.22. The highest BCUT2D eigenvalue weighted by Gasteiger charge is 2.29. The predicted molar refractivity (Wildman–Crippen MR) is 89.6 cm³/mol. The van der Waals surface area contributed by atoms with Crippen molar-refractivity contribution < 1.29 is 17.6 Å². The molecule has 1 amide bonds. The molecule has 6 nitrogen and oxygen atoms in total. The van der Waals surface area contributed by atoms with Gasteiger partial charge in [0.05, 0.1) is 11.9 Å². The van der Waals surface area contributed by atoms with Gasteiger partial charge in [-0.15, -0.1) is 0 Å². The van der Waals surface area contributed by atoms with Crippen LogP contribution in [0.15, 0.2) is 12.1 Å². The molecular weight excluding hydrogens is 333 g/mol. The quantitative estimate of drug-likeness (QED) is 0.851. The zero-order chi connectivity index (χ0) is 17.3. The molecule has 2 heterocycles. The number of fused-ring (bicyclic) bond motifs is 1. The number of rotatable bonds is 3. The Balaban J connectivity index is 1.66. The van der Waals surface area contributed by atoms with Crippen molar-refractivity contribution in [3.63, 3.8) is 0 Å². The number of benzene rings is 1. The van der Waals surface area contributed by atoms with Gasteiger partial charge in [-0.05, 0) is 43.0 Å². The summed E-state index contributed by atoms with van der Waals surface area (Å²) in [5, 5.41) is 5.87. The summed E-state index contributed by atoms with van der Waals surface area (Å²) in [5.41, 5.74) is 1.81. The van der Waals surface area contributed by atoms with E-state index in [9.17, 15) is 17.6 Å². The smallest absolute Gasteiger partial charge is 0.227 e. The Labute approximate surface area is 141 Å². The molecule has 1 saturated heterocycles. The fourth-order valence-electron chi connectivity index (χ4n) is 3.31. The zero-order valence-electron chi connectivity index (χ0n) is 13.6. The maximum atomic E-state index is 14.6. The first-order chi connectivity index (χ1) is 11.4. The molecular formula is C16H22FN3O3S. The number of sulfonamides is 1. The third-order valence-corrected chi connectivity index (χ3v) is 6.06. The summed E-state index contributed by atoms with van der Waals surface area (Å²) in [6.07, 6.45) is 2.69. The number of nitrogens with zero attached hydrogens (tertiary/aromatic N) is 1. The van der Waals surface area contributed by atoms with Crippen LogP contribution in [0.5, 0.6) is 0 Å². The fourth-order valence-corrected chi connectivity index (χ4v) is 4.19. The minimum Gasteiger partial charge on any atom is -0.323 e. The van der Waals surface area contributed by atoms with E-state index in [4.69, 9.17) is 0 Å². The average Bonchev–Trinajstić information content (AvgIpc) is 2.57. The highest BCUT2D eigenvalue weighted by molar-refractivity contribution is 7.88. The first-order valence-corrected chi connectivity index (χ1v) is 9.98. The van der Waals surface area contributed by atoms with Gasteiger partial charge in [-0.3, -0.25) is 4.79 Å². The van der Waals surface area contributed by atoms with Crippen molar-refractivity contribution >= 4 is 21.6 Å². The van der Waals surface area contributed by atoms with Gasteiger partial charge in [0.25, 0.3) is 0 Å². The molecule has 132 valence electrons. The molecule has 0 radical (unpaired) electrons. The fraction of sp³-hybridized carbons (Fsp3) is 0.562. The van der Waals surface area contributed by atoms with E-state index in [1.807, 2.05) is 6.07 Å². The molecule has 2 N–H and O–H groups in total. The van der Waals surface area contributed by atoms with Crippen LogP contribution in [0.3, 0.4) is 0 Å². The van der Waals surface area contributed by atoms with Crippen LogP contribution in [0.2, 0.25) is 0 Å². The molecule has 2 aliphatic rings. The summed E-state index contributed by atoms with van der Waals surface area (Å²) in [6, 6.07) is 3.44. The van der Waals surface area contributed by atoms with Crippen molar-refractivity contribution in [3.05, 3.63) is 29.1 Å². The zero-order valence-corrected chi connectivity index (χ0v) is 14.5. The van der Waals surface area contributed by atoms with Crippen molar-refractivity contribution in [1.29, 1.82) is 0 Å². The van der Waals surface area contributed by atoms with E-state index in [0.717, 1.165) is 12.1 Å². The summed E-state index contributed by atoms with van der Waals surface area (Å²) in [6.45, 7) is 2.03. The molecule has 0 atom stereocenters. The van der Waals surface area contributed by atoms with Crippen LogP contribution >= 0.6 is 0 Å². The molecule has 0 spiro atoms. The topological polar surface area (TPSA) is 78.5 Å². The molecule has 1 fully saturated rings. The van der Waals surface area contributed by atoms with Crippen LogP contribution in [0, 0.1) is 11.7 Å². The highest BCUT2D eigenvalue weighted by atomic mass is 32.2. The monoisotopic (exact) mass is 355 g/mol. The Bertz CT molecular complexity index is 743. The third kappa shape index (κ3) is 3.60. The molecule has 0 saturated carbocycles. The van der Waals surface area contributed by atoms with Gasteiger partial charge in [-0.25, -0.2) is 17.1 Å². The van der Waals surface area contributed by atoms with Crippen molar-refractivity contribution in [2.24, 2.45) is 5.92 Å². The summed E-state index contributed by atoms with van der Waals surface area (Å²) < 4.78 is 39.0. The van der Waals surface area contributed by atoms with Gasteiger partial charge in [0.1, 0.15) is 5.82 Å². The Hall–Kier alpha value is -1.51. The van der Waals surface area contributed by atoms with Crippen LogP contribution < -0.4 is 10.6 Å². The number of hydrogen-bond donors (Lipinski definition) is 2. The lowest BCUT2D eigenvalue weighted by Crippen LogP contribution is -2.41. The Morgan fingerprint density at radius 1 is 1.33 bits per heavy atom. The lowest BCUT2D eigenvalue weighted by Gasteiger charge is -2.29. The van der Waals surface area contributed by atoms with Gasteiger partial charge < -0.3 is 10.6 Å². The van der Waals surface area contributed by atoms with Crippen LogP contribution in [-0.4, -0.2) is 44.5 Å². The molecule has 1 aromatic rings. The van der Waals surface area contributed by atoms with E-state index in [1.165, 1.54) is 10.6 Å². The molecule has 24 heavy (non-hydrogen) atoms. The Kier molecular flexibility index (Phi) is 4.89. The first-order valence-electron chi connectivity index (χ1n) is 8.13. The third-order valence-electron chi connectivity index (χ3n) is 4.76. The van der Waals surface area contributed by atoms with Gasteiger partial charge in [0.2, 0.25) is 15.9 Å². The number of anilines is 1. The summed E-state index contributed by atoms with van der Waals surface area (Å²) >= 11 is 0. The van der Waals surface area contributed by atoms with E-state index in [-0.39, 0.29) is 23.3 Å². The number of nitrogens with one attached hydrogen (secondary N) is 2. The summed E-state index contributed by atoms with van der Waals surface area (Å²) in [4.78, 5) is 12.4. The van der Waals surface area contributed by atoms with Crippen molar-refractivity contribution in [1.82, 2.24) is 9.62 Å². The summed E-state index contributed by atoms with van der Waals surface area (Å²) in [5.74, 6) is -0.882. The molecule has 0 bridgehead atoms. The number of carbonyl (C=O) groups is 1. The number of hydrogen-bond acceptors (Lipinski definition) is 4. The van der Waals surface area contributed by atoms with Gasteiger partial charge in [0, 0.05) is 25.6 Å². The van der Waals surface area contributed by atoms with E-state index >= 15 is 0 Å². The lowest BCUT2D eigenvalue weighted by atomic mass is 9.96. The van der Waals surface area contributed by atoms with Crippen molar-refractivity contribution in [2.45, 2.75) is 25.8 Å². The molecule has 1 aromatic carbocycles. The molecule has 0 unspecified atom stereocenters. The molecule has 0 aromatic heterocycles. The standard InChI is InChI=1S/C16H22FN3O3S/c1-24(22,23)20-8-5-11(6-9-20)16(21)19-14-3-2-12-10-18-7-4-13(12)15(14)17/h2-3,11,18H,4-10H2,1H3,(H,19,21). The Morgan fingerprint density at radius 3 is 2.71 bits per heavy atom. The minimum absolute atomic E-state index is 0.214. The van der Waals surface area contributed by atoms with Crippen molar-refractivity contribution in [2.75, 3.05) is 31.2 Å². The van der Waals surface area contributed by atoms with E-state index < -0.39 is 10.0 Å². The SMILES string of the molecule is CS(=O)(=O)N1CCC(C(=O)Nc2ccc3c(c2F)CCNC3)CC1. The normalized spacial score (nSPS) is 19.8. The van der Waals surface area contributed by atoms with Gasteiger partial charge >= 0.3 is 0 Å². The summed E-state index contributed by atoms with van der Waals surface area (Å²) in [7, 11) is -3.22. The average molecular weight is 355 g/mol. The number of amides is 1. The molecule has 0 aliphatic carbocycles. The number of carbonyl (C=O) groups excluding carboxylic acids is 1. The maximum absolute atomic E-state index is 14.6. The molecule has 8 heteroatoms. The molecule has 3 rings (SSSR count). The molecule has 2 aliphatic heterocycles. The first kappa shape index (κ1) is 17.3. The van der Waals surface area contributed by atoms with Crippen LogP contribution in [-0.2, 0) is 27.8 Å². The van der Waals surface area contributed by atoms with E-state index in [0.29, 0.717) is 44.5 Å². The second-order valence-electron chi connectivity index (χ2n) is 6.42. The Morgan fingerprint density at radius 2 is 2.04 bits per heavy atom. The highest BCUT2D eigenvalue weighted by Crippen LogP contribution is 2.26. The number of halogens is 1. The van der Waals surface area contributed by atoms with Crippen LogP contribution in [0.4, 0.5) is 10.1 Å². The van der Waals surface area contributed by atoms with Crippen LogP contribution in [0.25, 0.3) is 0 Å². The van der Waals surface area contributed by atoms with E-state index in [2.05, 4.69) is 10.6 Å². The maximum Gasteiger partial charge on any atom is 0.227 e. The van der Waals surface area contributed by atoms with E-state index in [1.54, 1.807) is 6.07 Å². The van der Waals surface area contributed by atoms with Gasteiger partial charge in [-0.2, -0.15) is 0 Å².